The van der Waals surface area contributed by atoms with Crippen LogP contribution in [0, 0.1) is 12.8 Å². The molecule has 1 aliphatic carbocycles. The third kappa shape index (κ3) is 5.38. The first-order chi connectivity index (χ1) is 19.2. The van der Waals surface area contributed by atoms with Gasteiger partial charge in [-0.05, 0) is 64.2 Å². The minimum absolute atomic E-state index is 0.0708. The van der Waals surface area contributed by atoms with Crippen LogP contribution >= 0.6 is 0 Å². The normalized spacial score (nSPS) is 17.5. The van der Waals surface area contributed by atoms with Crippen LogP contribution in [0.5, 0.6) is 5.75 Å². The summed E-state index contributed by atoms with van der Waals surface area (Å²) in [6.07, 6.45) is 5.77. The molecule has 40 heavy (non-hydrogen) atoms. The maximum absolute atomic E-state index is 13.7. The number of benzene rings is 1. The van der Waals surface area contributed by atoms with Gasteiger partial charge in [0.15, 0.2) is 11.3 Å². The molecular weight excluding hydrogens is 534 g/mol. The van der Waals surface area contributed by atoms with E-state index in [1.165, 1.54) is 16.4 Å². The largest absolute Gasteiger partial charge is 0.493 e. The summed E-state index contributed by atoms with van der Waals surface area (Å²) in [6.45, 7) is 6.70. The minimum atomic E-state index is -3.87. The molecule has 5 rings (SSSR count). The van der Waals surface area contributed by atoms with Crippen molar-refractivity contribution >= 4 is 21.5 Å². The predicted molar refractivity (Wildman–Crippen MR) is 149 cm³/mol. The van der Waals surface area contributed by atoms with E-state index < -0.39 is 10.0 Å². The van der Waals surface area contributed by atoms with Gasteiger partial charge in [0.1, 0.15) is 11.6 Å². The molecule has 0 spiro atoms. The van der Waals surface area contributed by atoms with Crippen LogP contribution < -0.4 is 10.3 Å². The molecule has 1 N–H and O–H groups in total. The number of hydrogen-bond acceptors (Lipinski definition) is 8. The maximum Gasteiger partial charge on any atom is 0.309 e. The molecule has 0 bridgehead atoms. The number of hydrogen-bond donors (Lipinski definition) is 1. The number of esters is 1. The standard InChI is InChI=1S/C28H37N5O6S/c1-4-16-39-23-11-10-21(40(36,37)32-14-12-20(13-15-32)28(35)38-5-2)17-22(23)25-30-27(34)24-18(3)29-26(33(24)31-25)19-8-6-7-9-19/h10-11,17,19-20H,4-9,12-16H2,1-3H3,(H,30,31,34). The van der Waals surface area contributed by atoms with E-state index >= 15 is 0 Å². The highest BCUT2D eigenvalue weighted by atomic mass is 32.2. The molecule has 1 aliphatic heterocycles. The fourth-order valence-electron chi connectivity index (χ4n) is 5.70. The van der Waals surface area contributed by atoms with Gasteiger partial charge in [0.2, 0.25) is 10.0 Å². The number of carbonyl (C=O) groups excluding carboxylic acids is 1. The number of imidazole rings is 1. The van der Waals surface area contributed by atoms with E-state index in [-0.39, 0.29) is 47.2 Å². The van der Waals surface area contributed by atoms with Crippen molar-refractivity contribution in [3.63, 3.8) is 0 Å². The Balaban J connectivity index is 1.53. The first-order valence-corrected chi connectivity index (χ1v) is 15.6. The molecule has 2 aromatic heterocycles. The van der Waals surface area contributed by atoms with E-state index in [4.69, 9.17) is 19.6 Å². The van der Waals surface area contributed by atoms with Crippen molar-refractivity contribution < 1.29 is 22.7 Å². The van der Waals surface area contributed by atoms with Gasteiger partial charge in [-0.1, -0.05) is 19.8 Å². The number of fused-ring (bicyclic) bond motifs is 1. The Morgan fingerprint density at radius 3 is 2.52 bits per heavy atom. The molecule has 12 heteroatoms. The highest BCUT2D eigenvalue weighted by molar-refractivity contribution is 7.89. The molecule has 0 amide bonds. The van der Waals surface area contributed by atoms with Crippen molar-refractivity contribution in [1.82, 2.24) is 23.9 Å². The average molecular weight is 572 g/mol. The second-order valence-electron chi connectivity index (χ2n) is 10.5. The monoisotopic (exact) mass is 571 g/mol. The number of carbonyl (C=O) groups is 1. The summed E-state index contributed by atoms with van der Waals surface area (Å²) in [4.78, 5) is 33.0. The van der Waals surface area contributed by atoms with Gasteiger partial charge in [-0.15, -0.1) is 5.10 Å². The fourth-order valence-corrected chi connectivity index (χ4v) is 7.19. The lowest BCUT2D eigenvalue weighted by molar-refractivity contribution is -0.149. The van der Waals surface area contributed by atoms with Crippen LogP contribution in [0.1, 0.15) is 76.2 Å². The van der Waals surface area contributed by atoms with E-state index in [0.29, 0.717) is 48.6 Å². The fraction of sp³-hybridized carbons (Fsp3) is 0.571. The number of sulfonamides is 1. The zero-order chi connectivity index (χ0) is 28.4. The molecule has 0 atom stereocenters. The topological polar surface area (TPSA) is 136 Å². The highest BCUT2D eigenvalue weighted by Crippen LogP contribution is 2.35. The number of aryl methyl sites for hydroxylation is 1. The summed E-state index contributed by atoms with van der Waals surface area (Å²) in [6, 6.07) is 4.65. The lowest BCUT2D eigenvalue weighted by Gasteiger charge is -2.30. The summed E-state index contributed by atoms with van der Waals surface area (Å²) in [5.41, 5.74) is 1.07. The third-order valence-electron chi connectivity index (χ3n) is 7.80. The predicted octanol–water partition coefficient (Wildman–Crippen LogP) is 3.80. The van der Waals surface area contributed by atoms with Crippen LogP contribution in [0.4, 0.5) is 0 Å². The number of aromatic nitrogens is 4. The molecule has 1 saturated carbocycles. The molecule has 1 saturated heterocycles. The number of nitrogens with one attached hydrogen (secondary N) is 1. The molecule has 2 fully saturated rings. The van der Waals surface area contributed by atoms with Crippen molar-refractivity contribution in [3.8, 4) is 17.1 Å². The van der Waals surface area contributed by atoms with Crippen molar-refractivity contribution in [1.29, 1.82) is 0 Å². The first-order valence-electron chi connectivity index (χ1n) is 14.2. The quantitative estimate of drug-likeness (QED) is 0.383. The number of piperidine rings is 1. The van der Waals surface area contributed by atoms with Crippen molar-refractivity contribution in [3.05, 3.63) is 40.1 Å². The van der Waals surface area contributed by atoms with Gasteiger partial charge in [0.05, 0.1) is 35.3 Å². The van der Waals surface area contributed by atoms with Crippen molar-refractivity contribution in [2.75, 3.05) is 26.3 Å². The second kappa shape index (κ2) is 11.7. The summed E-state index contributed by atoms with van der Waals surface area (Å²) in [5, 5.41) is 4.78. The maximum atomic E-state index is 13.7. The number of ether oxygens (including phenoxy) is 2. The number of H-pyrrole nitrogens is 1. The third-order valence-corrected chi connectivity index (χ3v) is 9.70. The molecule has 11 nitrogen and oxygen atoms in total. The Morgan fingerprint density at radius 2 is 1.85 bits per heavy atom. The lowest BCUT2D eigenvalue weighted by Crippen LogP contribution is -2.40. The molecule has 0 unspecified atom stereocenters. The number of aromatic amines is 1. The second-order valence-corrected chi connectivity index (χ2v) is 12.5. The van der Waals surface area contributed by atoms with Crippen LogP contribution in [0.15, 0.2) is 27.9 Å². The number of rotatable bonds is 9. The van der Waals surface area contributed by atoms with Crippen molar-refractivity contribution in [2.45, 2.75) is 76.5 Å². The molecule has 1 aromatic carbocycles. The first kappa shape index (κ1) is 28.3. The van der Waals surface area contributed by atoms with Crippen molar-refractivity contribution in [2.24, 2.45) is 5.92 Å². The Kier molecular flexibility index (Phi) is 8.27. The highest BCUT2D eigenvalue weighted by Gasteiger charge is 2.33. The summed E-state index contributed by atoms with van der Waals surface area (Å²) in [7, 11) is -3.87. The van der Waals surface area contributed by atoms with E-state index in [1.807, 2.05) is 6.92 Å². The van der Waals surface area contributed by atoms with Gasteiger partial charge in [-0.25, -0.2) is 17.9 Å². The summed E-state index contributed by atoms with van der Waals surface area (Å²) in [5.74, 6) is 1.06. The smallest absolute Gasteiger partial charge is 0.309 e. The molecule has 2 aliphatic rings. The van der Waals surface area contributed by atoms with Crippen LogP contribution in [-0.2, 0) is 19.6 Å². The van der Waals surface area contributed by atoms with Gasteiger partial charge in [0.25, 0.3) is 5.56 Å². The Bertz CT molecular complexity index is 1550. The summed E-state index contributed by atoms with van der Waals surface area (Å²) < 4.78 is 41.4. The Hall–Kier alpha value is -3.25. The molecular formula is C28H37N5O6S. The Morgan fingerprint density at radius 1 is 1.12 bits per heavy atom. The van der Waals surface area contributed by atoms with E-state index in [0.717, 1.165) is 37.9 Å². The van der Waals surface area contributed by atoms with Gasteiger partial charge < -0.3 is 14.5 Å². The minimum Gasteiger partial charge on any atom is -0.493 e. The van der Waals surface area contributed by atoms with Gasteiger partial charge in [0, 0.05) is 19.0 Å². The molecule has 0 radical (unpaired) electrons. The molecule has 3 aromatic rings. The molecule has 3 heterocycles. The van der Waals surface area contributed by atoms with Gasteiger partial charge in [-0.2, -0.15) is 4.31 Å². The lowest BCUT2D eigenvalue weighted by atomic mass is 9.98. The van der Waals surface area contributed by atoms with E-state index in [2.05, 4.69) is 4.98 Å². The molecule has 216 valence electrons. The average Bonchev–Trinajstić information content (AvgIpc) is 3.60. The Labute approximate surface area is 233 Å². The van der Waals surface area contributed by atoms with E-state index in [9.17, 15) is 18.0 Å². The van der Waals surface area contributed by atoms with Crippen LogP contribution in [-0.4, -0.2) is 64.6 Å². The van der Waals surface area contributed by atoms with Crippen LogP contribution in [0.2, 0.25) is 0 Å². The van der Waals surface area contributed by atoms with E-state index in [1.54, 1.807) is 24.4 Å². The number of nitrogens with zero attached hydrogens (tertiary/aromatic N) is 4. The van der Waals surface area contributed by atoms with Crippen LogP contribution in [0.3, 0.4) is 0 Å². The zero-order valence-electron chi connectivity index (χ0n) is 23.3. The zero-order valence-corrected chi connectivity index (χ0v) is 24.1. The SMILES string of the molecule is CCCOc1ccc(S(=O)(=O)N2CCC(C(=O)OCC)CC2)cc1-c1nn2c(C3CCCC3)nc(C)c2c(=O)[nH]1. The van der Waals surface area contributed by atoms with Crippen LogP contribution in [0.25, 0.3) is 16.9 Å². The van der Waals surface area contributed by atoms with Gasteiger partial charge >= 0.3 is 5.97 Å². The van der Waals surface area contributed by atoms with Gasteiger partial charge in [-0.3, -0.25) is 9.59 Å². The summed E-state index contributed by atoms with van der Waals surface area (Å²) >= 11 is 0.